The second-order valence-electron chi connectivity index (χ2n) is 5.03. The molecule has 1 aromatic carbocycles. The van der Waals surface area contributed by atoms with Crippen molar-refractivity contribution in [1.29, 1.82) is 0 Å². The van der Waals surface area contributed by atoms with Gasteiger partial charge in [-0.1, -0.05) is 12.1 Å². The standard InChI is InChI=1S/C14H19N3O3S2/c1-11(18)12-3-5-13(6-4-12)22(19,20)17-9-7-16(8-10-17)14(21)15-2/h3-6H,7-10H2,1-2H3,(H,15,21). The summed E-state index contributed by atoms with van der Waals surface area (Å²) >= 11 is 5.15. The van der Waals surface area contributed by atoms with Crippen LogP contribution in [0.1, 0.15) is 17.3 Å². The SMILES string of the molecule is CNC(=S)N1CCN(S(=O)(=O)c2ccc(C(C)=O)cc2)CC1. The number of nitrogens with one attached hydrogen (secondary N) is 1. The maximum Gasteiger partial charge on any atom is 0.243 e. The molecule has 6 nitrogen and oxygen atoms in total. The van der Waals surface area contributed by atoms with Crippen molar-refractivity contribution >= 4 is 33.1 Å². The van der Waals surface area contributed by atoms with Gasteiger partial charge in [0.25, 0.3) is 0 Å². The number of hydrogen-bond donors (Lipinski definition) is 1. The molecule has 120 valence electrons. The Kier molecular flexibility index (Phi) is 5.15. The molecule has 0 bridgehead atoms. The van der Waals surface area contributed by atoms with Gasteiger partial charge >= 0.3 is 0 Å². The Balaban J connectivity index is 2.11. The quantitative estimate of drug-likeness (QED) is 0.645. The minimum absolute atomic E-state index is 0.0851. The summed E-state index contributed by atoms with van der Waals surface area (Å²) in [7, 11) is -1.78. The van der Waals surface area contributed by atoms with Crippen molar-refractivity contribution in [3.63, 3.8) is 0 Å². The number of carbonyl (C=O) groups excluding carboxylic acids is 1. The number of carbonyl (C=O) groups is 1. The number of benzene rings is 1. The van der Waals surface area contributed by atoms with Gasteiger partial charge in [0.1, 0.15) is 0 Å². The van der Waals surface area contributed by atoms with E-state index in [4.69, 9.17) is 12.2 Å². The van der Waals surface area contributed by atoms with E-state index < -0.39 is 10.0 Å². The van der Waals surface area contributed by atoms with E-state index in [2.05, 4.69) is 5.32 Å². The normalized spacial score (nSPS) is 16.4. The van der Waals surface area contributed by atoms with Crippen LogP contribution < -0.4 is 5.32 Å². The number of ketones is 1. The van der Waals surface area contributed by atoms with Crippen LogP contribution in [0.4, 0.5) is 0 Å². The van der Waals surface area contributed by atoms with Crippen LogP contribution >= 0.6 is 12.2 Å². The lowest BCUT2D eigenvalue weighted by molar-refractivity contribution is 0.101. The lowest BCUT2D eigenvalue weighted by atomic mass is 10.2. The average molecular weight is 341 g/mol. The van der Waals surface area contributed by atoms with Crippen LogP contribution in [-0.4, -0.2) is 61.7 Å². The molecule has 0 aliphatic carbocycles. The Bertz CT molecular complexity index is 663. The van der Waals surface area contributed by atoms with Crippen LogP contribution in [0.2, 0.25) is 0 Å². The van der Waals surface area contributed by atoms with Gasteiger partial charge < -0.3 is 10.2 Å². The van der Waals surface area contributed by atoms with Crippen LogP contribution in [0, 0.1) is 0 Å². The fourth-order valence-electron chi connectivity index (χ4n) is 2.30. The summed E-state index contributed by atoms with van der Waals surface area (Å²) in [5.41, 5.74) is 0.503. The van der Waals surface area contributed by atoms with Crippen molar-refractivity contribution < 1.29 is 13.2 Å². The van der Waals surface area contributed by atoms with Gasteiger partial charge in [0.15, 0.2) is 10.9 Å². The fraction of sp³-hybridized carbons (Fsp3) is 0.429. The minimum atomic E-state index is -3.53. The van der Waals surface area contributed by atoms with E-state index in [1.165, 1.54) is 23.4 Å². The summed E-state index contributed by atoms with van der Waals surface area (Å²) < 4.78 is 26.6. The van der Waals surface area contributed by atoms with Gasteiger partial charge in [-0.2, -0.15) is 4.31 Å². The number of Topliss-reactive ketones (excluding diaryl/α,β-unsaturated/α-hetero) is 1. The molecule has 0 amide bonds. The third-order valence-electron chi connectivity index (χ3n) is 3.64. The molecule has 0 spiro atoms. The van der Waals surface area contributed by atoms with Gasteiger partial charge in [-0.3, -0.25) is 4.79 Å². The van der Waals surface area contributed by atoms with E-state index in [0.717, 1.165) is 0 Å². The summed E-state index contributed by atoms with van der Waals surface area (Å²) in [6.07, 6.45) is 0. The number of rotatable bonds is 3. The Morgan fingerprint density at radius 1 is 1.14 bits per heavy atom. The summed E-state index contributed by atoms with van der Waals surface area (Å²) in [4.78, 5) is 13.4. The minimum Gasteiger partial charge on any atom is -0.366 e. The van der Waals surface area contributed by atoms with Gasteiger partial charge in [0.2, 0.25) is 10.0 Å². The van der Waals surface area contributed by atoms with Gasteiger partial charge in [0, 0.05) is 38.8 Å². The van der Waals surface area contributed by atoms with Gasteiger partial charge in [-0.05, 0) is 31.3 Å². The van der Waals surface area contributed by atoms with E-state index in [1.54, 1.807) is 19.2 Å². The molecule has 0 unspecified atom stereocenters. The summed E-state index contributed by atoms with van der Waals surface area (Å²) in [5.74, 6) is -0.0851. The first-order valence-corrected chi connectivity index (χ1v) is 8.79. The molecule has 0 aromatic heterocycles. The molecular formula is C14H19N3O3S2. The van der Waals surface area contributed by atoms with E-state index >= 15 is 0 Å². The molecule has 1 fully saturated rings. The summed E-state index contributed by atoms with van der Waals surface area (Å²) in [6, 6.07) is 6.05. The highest BCUT2D eigenvalue weighted by atomic mass is 32.2. The molecule has 1 aliphatic rings. The van der Waals surface area contributed by atoms with Crippen molar-refractivity contribution in [1.82, 2.24) is 14.5 Å². The van der Waals surface area contributed by atoms with Crippen molar-refractivity contribution in [3.05, 3.63) is 29.8 Å². The predicted molar refractivity (Wildman–Crippen MR) is 88.4 cm³/mol. The van der Waals surface area contributed by atoms with E-state index in [0.29, 0.717) is 36.9 Å². The summed E-state index contributed by atoms with van der Waals surface area (Å²) in [6.45, 7) is 3.35. The zero-order valence-electron chi connectivity index (χ0n) is 12.6. The second-order valence-corrected chi connectivity index (χ2v) is 7.35. The molecular weight excluding hydrogens is 322 g/mol. The number of sulfonamides is 1. The highest BCUT2D eigenvalue weighted by molar-refractivity contribution is 7.89. The van der Waals surface area contributed by atoms with Crippen molar-refractivity contribution in [3.8, 4) is 0 Å². The maximum absolute atomic E-state index is 12.6. The van der Waals surface area contributed by atoms with E-state index in [1.807, 2.05) is 4.90 Å². The number of thiocarbonyl (C=S) groups is 1. The topological polar surface area (TPSA) is 69.7 Å². The molecule has 0 atom stereocenters. The first-order chi connectivity index (χ1) is 10.4. The molecule has 2 rings (SSSR count). The third kappa shape index (κ3) is 3.45. The number of piperazine rings is 1. The smallest absolute Gasteiger partial charge is 0.243 e. The van der Waals surface area contributed by atoms with E-state index in [-0.39, 0.29) is 10.7 Å². The lowest BCUT2D eigenvalue weighted by Crippen LogP contribution is -2.52. The zero-order valence-corrected chi connectivity index (χ0v) is 14.2. The van der Waals surface area contributed by atoms with Gasteiger partial charge in [-0.15, -0.1) is 0 Å². The van der Waals surface area contributed by atoms with Gasteiger partial charge in [0.05, 0.1) is 4.90 Å². The maximum atomic E-state index is 12.6. The molecule has 0 radical (unpaired) electrons. The van der Waals surface area contributed by atoms with Crippen LogP contribution in [0.3, 0.4) is 0 Å². The van der Waals surface area contributed by atoms with Crippen molar-refractivity contribution in [2.24, 2.45) is 0 Å². The van der Waals surface area contributed by atoms with Crippen molar-refractivity contribution in [2.75, 3.05) is 33.2 Å². The zero-order chi connectivity index (χ0) is 16.3. The molecule has 1 aliphatic heterocycles. The van der Waals surface area contributed by atoms with Crippen LogP contribution in [-0.2, 0) is 10.0 Å². The molecule has 1 saturated heterocycles. The lowest BCUT2D eigenvalue weighted by Gasteiger charge is -2.35. The first-order valence-electron chi connectivity index (χ1n) is 6.94. The van der Waals surface area contributed by atoms with Crippen LogP contribution in [0.25, 0.3) is 0 Å². The third-order valence-corrected chi connectivity index (χ3v) is 6.01. The second kappa shape index (κ2) is 6.72. The number of hydrogen-bond acceptors (Lipinski definition) is 4. The first kappa shape index (κ1) is 16.9. The van der Waals surface area contributed by atoms with Crippen LogP contribution in [0.15, 0.2) is 29.2 Å². The summed E-state index contributed by atoms with van der Waals surface area (Å²) in [5, 5.41) is 3.52. The molecule has 22 heavy (non-hydrogen) atoms. The molecule has 0 saturated carbocycles. The highest BCUT2D eigenvalue weighted by Crippen LogP contribution is 2.18. The van der Waals surface area contributed by atoms with Crippen molar-refractivity contribution in [2.45, 2.75) is 11.8 Å². The Labute approximate surface area is 136 Å². The Morgan fingerprint density at radius 2 is 1.68 bits per heavy atom. The van der Waals surface area contributed by atoms with Crippen LogP contribution in [0.5, 0.6) is 0 Å². The monoisotopic (exact) mass is 341 g/mol. The largest absolute Gasteiger partial charge is 0.366 e. The average Bonchev–Trinajstić information content (AvgIpc) is 2.54. The Hall–Kier alpha value is -1.51. The predicted octanol–water partition coefficient (Wildman–Crippen LogP) is 0.700. The highest BCUT2D eigenvalue weighted by Gasteiger charge is 2.29. The fourth-order valence-corrected chi connectivity index (χ4v) is 3.91. The number of nitrogens with zero attached hydrogens (tertiary/aromatic N) is 2. The van der Waals surface area contributed by atoms with E-state index in [9.17, 15) is 13.2 Å². The van der Waals surface area contributed by atoms with Gasteiger partial charge in [-0.25, -0.2) is 8.42 Å². The molecule has 1 N–H and O–H groups in total. The molecule has 1 heterocycles. The Morgan fingerprint density at radius 3 is 2.14 bits per heavy atom. The molecule has 8 heteroatoms. The molecule has 1 aromatic rings.